The fourth-order valence-electron chi connectivity index (χ4n) is 2.93. The third-order valence-electron chi connectivity index (χ3n) is 4.55. The zero-order chi connectivity index (χ0) is 19.0. The number of hydrogen-bond donors (Lipinski definition) is 1. The van der Waals surface area contributed by atoms with Crippen molar-refractivity contribution < 1.29 is 18.5 Å². The van der Waals surface area contributed by atoms with Gasteiger partial charge < -0.3 is 19.6 Å². The smallest absolute Gasteiger partial charge is 0.284 e. The van der Waals surface area contributed by atoms with Gasteiger partial charge in [0.05, 0.1) is 6.54 Å². The molecule has 7 nitrogen and oxygen atoms in total. The Labute approximate surface area is 155 Å². The number of nitrogens with two attached hydrogens (primary N) is 1. The largest absolute Gasteiger partial charge is 0.451 e. The minimum absolute atomic E-state index is 0.0800. The van der Waals surface area contributed by atoms with Gasteiger partial charge in [0.2, 0.25) is 0 Å². The van der Waals surface area contributed by atoms with E-state index in [0.29, 0.717) is 29.3 Å². The molecule has 2 aromatic heterocycles. The molecular weight excluding hydrogens is 346 g/mol. The van der Waals surface area contributed by atoms with Crippen molar-refractivity contribution in [2.45, 2.75) is 25.3 Å². The Balaban J connectivity index is 1.49. The van der Waals surface area contributed by atoms with Crippen molar-refractivity contribution in [2.75, 3.05) is 7.05 Å². The van der Waals surface area contributed by atoms with Gasteiger partial charge in [0, 0.05) is 30.2 Å². The molecule has 1 aromatic carbocycles. The molecule has 1 aliphatic carbocycles. The van der Waals surface area contributed by atoms with Crippen LogP contribution in [0.2, 0.25) is 0 Å². The van der Waals surface area contributed by atoms with E-state index in [2.05, 4.69) is 5.16 Å². The van der Waals surface area contributed by atoms with Crippen LogP contribution in [-0.2, 0) is 6.54 Å². The van der Waals surface area contributed by atoms with E-state index in [1.807, 2.05) is 6.07 Å². The molecule has 0 radical (unpaired) electrons. The minimum Gasteiger partial charge on any atom is -0.451 e. The van der Waals surface area contributed by atoms with E-state index >= 15 is 0 Å². The molecule has 0 aliphatic heterocycles. The molecule has 0 spiro atoms. The molecule has 4 rings (SSSR count). The molecule has 0 saturated heterocycles. The van der Waals surface area contributed by atoms with Crippen LogP contribution in [0.4, 0.5) is 0 Å². The summed E-state index contributed by atoms with van der Waals surface area (Å²) in [6.45, 7) is 0.367. The molecule has 1 saturated carbocycles. The number of nitrogens with zero attached hydrogens (tertiary/aromatic N) is 2. The van der Waals surface area contributed by atoms with Gasteiger partial charge in [-0.3, -0.25) is 9.59 Å². The van der Waals surface area contributed by atoms with E-state index in [-0.39, 0.29) is 11.7 Å². The van der Waals surface area contributed by atoms with Crippen LogP contribution >= 0.6 is 0 Å². The van der Waals surface area contributed by atoms with Gasteiger partial charge in [-0.1, -0.05) is 17.3 Å². The maximum Gasteiger partial charge on any atom is 0.284 e. The topological polar surface area (TPSA) is 103 Å². The Morgan fingerprint density at radius 3 is 2.74 bits per heavy atom. The van der Waals surface area contributed by atoms with Crippen molar-refractivity contribution in [3.63, 3.8) is 0 Å². The van der Waals surface area contributed by atoms with Gasteiger partial charge in [0.25, 0.3) is 11.8 Å². The molecule has 1 aliphatic rings. The van der Waals surface area contributed by atoms with Crippen molar-refractivity contribution in [3.8, 4) is 11.3 Å². The summed E-state index contributed by atoms with van der Waals surface area (Å²) >= 11 is 0. The minimum atomic E-state index is -0.633. The monoisotopic (exact) mass is 365 g/mol. The molecule has 2 amide bonds. The molecule has 7 heteroatoms. The third kappa shape index (κ3) is 3.62. The number of carbonyl (C=O) groups is 2. The first-order valence-corrected chi connectivity index (χ1v) is 8.72. The van der Waals surface area contributed by atoms with Crippen molar-refractivity contribution in [1.82, 2.24) is 10.1 Å². The molecule has 0 atom stereocenters. The average molecular weight is 365 g/mol. The maximum atomic E-state index is 12.8. The Morgan fingerprint density at radius 1 is 1.22 bits per heavy atom. The zero-order valence-electron chi connectivity index (χ0n) is 14.8. The molecule has 2 N–H and O–H groups in total. The standard InChI is InChI=1S/C20H19N3O4/c1-23(11-15-10-18(27-22-15)12-5-6-12)20(25)14-4-2-3-13(9-14)16-7-8-17(26-16)19(21)24/h2-4,7-10,12H,5-6,11H2,1H3,(H2,21,24). The lowest BCUT2D eigenvalue weighted by Gasteiger charge is -2.16. The van der Waals surface area contributed by atoms with Crippen LogP contribution in [0.15, 0.2) is 51.4 Å². The van der Waals surface area contributed by atoms with Gasteiger partial charge in [-0.25, -0.2) is 0 Å². The Morgan fingerprint density at radius 2 is 2.04 bits per heavy atom. The van der Waals surface area contributed by atoms with E-state index in [9.17, 15) is 9.59 Å². The number of hydrogen-bond acceptors (Lipinski definition) is 5. The highest BCUT2D eigenvalue weighted by Crippen LogP contribution is 2.40. The molecule has 0 unspecified atom stereocenters. The lowest BCUT2D eigenvalue weighted by Crippen LogP contribution is -2.26. The zero-order valence-corrected chi connectivity index (χ0v) is 14.8. The first kappa shape index (κ1) is 17.1. The van der Waals surface area contributed by atoms with Crippen molar-refractivity contribution in [1.29, 1.82) is 0 Å². The van der Waals surface area contributed by atoms with Gasteiger partial charge in [-0.15, -0.1) is 0 Å². The predicted octanol–water partition coefficient (Wildman–Crippen LogP) is 3.18. The number of primary amides is 1. The van der Waals surface area contributed by atoms with Crippen molar-refractivity contribution >= 4 is 11.8 Å². The Kier molecular flexibility index (Phi) is 4.27. The van der Waals surface area contributed by atoms with Gasteiger partial charge in [-0.05, 0) is 37.1 Å². The highest BCUT2D eigenvalue weighted by molar-refractivity contribution is 5.95. The van der Waals surface area contributed by atoms with E-state index in [1.165, 1.54) is 6.07 Å². The van der Waals surface area contributed by atoms with Crippen molar-refractivity contribution in [3.05, 3.63) is 65.2 Å². The van der Waals surface area contributed by atoms with Crippen LogP contribution in [0, 0.1) is 0 Å². The number of carbonyl (C=O) groups excluding carboxylic acids is 2. The Bertz CT molecular complexity index is 1000. The highest BCUT2D eigenvalue weighted by Gasteiger charge is 2.28. The van der Waals surface area contributed by atoms with Crippen LogP contribution in [0.1, 0.15) is 51.1 Å². The molecular formula is C20H19N3O4. The first-order valence-electron chi connectivity index (χ1n) is 8.72. The normalized spacial score (nSPS) is 13.5. The summed E-state index contributed by atoms with van der Waals surface area (Å²) < 4.78 is 10.8. The lowest BCUT2D eigenvalue weighted by molar-refractivity contribution is 0.0782. The summed E-state index contributed by atoms with van der Waals surface area (Å²) in [5.74, 6) is 1.17. The molecule has 0 bridgehead atoms. The number of aromatic nitrogens is 1. The first-order chi connectivity index (χ1) is 13.0. The van der Waals surface area contributed by atoms with Crippen LogP contribution in [0.25, 0.3) is 11.3 Å². The van der Waals surface area contributed by atoms with Crippen molar-refractivity contribution in [2.24, 2.45) is 5.73 Å². The quantitative estimate of drug-likeness (QED) is 0.723. The van der Waals surface area contributed by atoms with Crippen LogP contribution in [-0.4, -0.2) is 28.9 Å². The summed E-state index contributed by atoms with van der Waals surface area (Å²) in [6.07, 6.45) is 2.28. The summed E-state index contributed by atoms with van der Waals surface area (Å²) in [6, 6.07) is 12.1. The van der Waals surface area contributed by atoms with Crippen LogP contribution in [0.3, 0.4) is 0 Å². The summed E-state index contributed by atoms with van der Waals surface area (Å²) in [7, 11) is 1.72. The second kappa shape index (κ2) is 6.75. The maximum absolute atomic E-state index is 12.8. The Hall–Kier alpha value is -3.35. The van der Waals surface area contributed by atoms with Crippen LogP contribution < -0.4 is 5.73 Å². The SMILES string of the molecule is CN(Cc1cc(C2CC2)on1)C(=O)c1cccc(-c2ccc(C(N)=O)o2)c1. The number of amides is 2. The predicted molar refractivity (Wildman–Crippen MR) is 96.9 cm³/mol. The molecule has 2 heterocycles. The summed E-state index contributed by atoms with van der Waals surface area (Å²) in [5, 5.41) is 4.05. The second-order valence-corrected chi connectivity index (χ2v) is 6.77. The summed E-state index contributed by atoms with van der Waals surface area (Å²) in [4.78, 5) is 25.5. The number of rotatable bonds is 6. The third-order valence-corrected chi connectivity index (χ3v) is 4.55. The van der Waals surface area contributed by atoms with Gasteiger partial charge >= 0.3 is 0 Å². The van der Waals surface area contributed by atoms with Gasteiger partial charge in [0.1, 0.15) is 17.2 Å². The molecule has 1 fully saturated rings. The van der Waals surface area contributed by atoms with E-state index < -0.39 is 5.91 Å². The van der Waals surface area contributed by atoms with E-state index in [1.54, 1.807) is 42.3 Å². The lowest BCUT2D eigenvalue weighted by atomic mass is 10.1. The summed E-state index contributed by atoms with van der Waals surface area (Å²) in [5.41, 5.74) is 7.16. The number of benzene rings is 1. The highest BCUT2D eigenvalue weighted by atomic mass is 16.5. The molecule has 3 aromatic rings. The number of furan rings is 1. The van der Waals surface area contributed by atoms with Gasteiger partial charge in [-0.2, -0.15) is 0 Å². The fourth-order valence-corrected chi connectivity index (χ4v) is 2.93. The van der Waals surface area contributed by atoms with Gasteiger partial charge in [0.15, 0.2) is 5.76 Å². The fraction of sp³-hybridized carbons (Fsp3) is 0.250. The van der Waals surface area contributed by atoms with Crippen LogP contribution in [0.5, 0.6) is 0 Å². The van der Waals surface area contributed by atoms with E-state index in [0.717, 1.165) is 24.3 Å². The average Bonchev–Trinajstić information content (AvgIpc) is 3.20. The molecule has 138 valence electrons. The molecule has 27 heavy (non-hydrogen) atoms. The van der Waals surface area contributed by atoms with E-state index in [4.69, 9.17) is 14.7 Å². The second-order valence-electron chi connectivity index (χ2n) is 6.77.